The highest BCUT2D eigenvalue weighted by molar-refractivity contribution is 7.55. The minimum Gasteiger partial charge on any atom is -0.256 e. The molecule has 0 aliphatic heterocycles. The molecule has 2 aromatic rings. The third kappa shape index (κ3) is 3.27. The second-order valence-corrected chi connectivity index (χ2v) is 4.75. The molecule has 88 valence electrons. The molecule has 0 bridgehead atoms. The molecule has 0 saturated heterocycles. The quantitative estimate of drug-likeness (QED) is 0.752. The molecular weight excluding hydrogens is 246 g/mol. The summed E-state index contributed by atoms with van der Waals surface area (Å²) < 4.78 is 37.0. The maximum absolute atomic E-state index is 12.3. The topological polar surface area (TPSA) is 12.9 Å². The first-order valence-corrected chi connectivity index (χ1v) is 5.91. The summed E-state index contributed by atoms with van der Waals surface area (Å²) in [5.74, 6) is 0. The van der Waals surface area contributed by atoms with Crippen LogP contribution in [0, 0.1) is 0 Å². The maximum Gasteiger partial charge on any atom is 0.416 e. The summed E-state index contributed by atoms with van der Waals surface area (Å²) >= 11 is 0. The fraction of sp³-hybridized carbons (Fsp3) is 0.0833. The van der Waals surface area contributed by atoms with Crippen LogP contribution in [-0.2, 0) is 6.18 Å². The molecule has 0 aliphatic rings. The zero-order chi connectivity index (χ0) is 12.3. The first kappa shape index (κ1) is 12.1. The SMILES string of the molecule is FC(F)(F)c1ccc(Pc2ccccn2)cc1. The minimum atomic E-state index is -4.27. The van der Waals surface area contributed by atoms with Crippen LogP contribution in [0.5, 0.6) is 0 Å². The molecule has 0 radical (unpaired) electrons. The van der Waals surface area contributed by atoms with Gasteiger partial charge in [-0.3, -0.25) is 4.98 Å². The summed E-state index contributed by atoms with van der Waals surface area (Å²) in [5, 5.41) is 0.844. The fourth-order valence-corrected chi connectivity index (χ4v) is 2.27. The van der Waals surface area contributed by atoms with Crippen LogP contribution in [0.25, 0.3) is 0 Å². The molecular formula is C12H9F3NP. The van der Waals surface area contributed by atoms with Gasteiger partial charge < -0.3 is 0 Å². The van der Waals surface area contributed by atoms with Crippen molar-refractivity contribution in [2.45, 2.75) is 6.18 Å². The van der Waals surface area contributed by atoms with Crippen LogP contribution >= 0.6 is 8.58 Å². The van der Waals surface area contributed by atoms with E-state index in [1.165, 1.54) is 12.1 Å². The van der Waals surface area contributed by atoms with Gasteiger partial charge in [-0.25, -0.2) is 0 Å². The van der Waals surface area contributed by atoms with Gasteiger partial charge in [0.05, 0.1) is 11.0 Å². The van der Waals surface area contributed by atoms with Crippen molar-refractivity contribution in [3.05, 3.63) is 54.2 Å². The molecule has 0 amide bonds. The molecule has 1 aromatic heterocycles. The Bertz CT molecular complexity index is 479. The van der Waals surface area contributed by atoms with Crippen LogP contribution in [0.3, 0.4) is 0 Å². The van der Waals surface area contributed by atoms with Gasteiger partial charge in [-0.2, -0.15) is 13.2 Å². The smallest absolute Gasteiger partial charge is 0.256 e. The highest BCUT2D eigenvalue weighted by atomic mass is 31.1. The molecule has 2 rings (SSSR count). The van der Waals surface area contributed by atoms with E-state index in [1.54, 1.807) is 12.3 Å². The Kier molecular flexibility index (Phi) is 3.43. The van der Waals surface area contributed by atoms with E-state index in [4.69, 9.17) is 0 Å². The van der Waals surface area contributed by atoms with E-state index in [2.05, 4.69) is 4.98 Å². The molecule has 1 nitrogen and oxygen atoms in total. The molecule has 0 spiro atoms. The molecule has 1 unspecified atom stereocenters. The third-order valence-corrected chi connectivity index (χ3v) is 3.32. The number of alkyl halides is 3. The van der Waals surface area contributed by atoms with Gasteiger partial charge in [0.1, 0.15) is 0 Å². The van der Waals surface area contributed by atoms with Crippen molar-refractivity contribution in [2.75, 3.05) is 0 Å². The average Bonchev–Trinajstić information content (AvgIpc) is 2.30. The van der Waals surface area contributed by atoms with Gasteiger partial charge in [0.25, 0.3) is 0 Å². The highest BCUT2D eigenvalue weighted by Gasteiger charge is 2.29. The van der Waals surface area contributed by atoms with Gasteiger partial charge >= 0.3 is 6.18 Å². The number of nitrogens with zero attached hydrogens (tertiary/aromatic N) is 1. The molecule has 0 N–H and O–H groups in total. The molecule has 0 saturated carbocycles. The standard InChI is InChI=1S/C12H9F3NP/c13-12(14,15)9-4-6-10(7-5-9)17-11-3-1-2-8-16-11/h1-8,17H. The van der Waals surface area contributed by atoms with E-state index in [0.29, 0.717) is 0 Å². The molecule has 5 heteroatoms. The lowest BCUT2D eigenvalue weighted by atomic mass is 10.2. The summed E-state index contributed by atoms with van der Waals surface area (Å²) in [5.41, 5.74) is 0.249. The predicted octanol–water partition coefficient (Wildman–Crippen LogP) is 2.73. The summed E-state index contributed by atoms with van der Waals surface area (Å²) in [6.45, 7) is 0. The molecule has 1 aromatic carbocycles. The fourth-order valence-electron chi connectivity index (χ4n) is 1.33. The van der Waals surface area contributed by atoms with Crippen molar-refractivity contribution in [3.63, 3.8) is 0 Å². The predicted molar refractivity (Wildman–Crippen MR) is 63.3 cm³/mol. The van der Waals surface area contributed by atoms with Crippen molar-refractivity contribution >= 4 is 19.3 Å². The Morgan fingerprint density at radius 1 is 0.941 bits per heavy atom. The number of aromatic nitrogens is 1. The Morgan fingerprint density at radius 2 is 1.65 bits per heavy atom. The van der Waals surface area contributed by atoms with Crippen molar-refractivity contribution in [3.8, 4) is 0 Å². The number of pyridine rings is 1. The number of hydrogen-bond acceptors (Lipinski definition) is 1. The largest absolute Gasteiger partial charge is 0.416 e. The Labute approximate surface area is 98.5 Å². The Hall–Kier alpha value is -1.41. The highest BCUT2D eigenvalue weighted by Crippen LogP contribution is 2.28. The van der Waals surface area contributed by atoms with E-state index < -0.39 is 11.7 Å². The third-order valence-electron chi connectivity index (χ3n) is 2.15. The first-order valence-electron chi connectivity index (χ1n) is 4.91. The van der Waals surface area contributed by atoms with E-state index >= 15 is 0 Å². The maximum atomic E-state index is 12.3. The van der Waals surface area contributed by atoms with Gasteiger partial charge in [-0.05, 0) is 38.2 Å². The van der Waals surface area contributed by atoms with Gasteiger partial charge in [0.2, 0.25) is 0 Å². The molecule has 1 heterocycles. The summed E-state index contributed by atoms with van der Waals surface area (Å²) in [7, 11) is 0.278. The zero-order valence-corrected chi connectivity index (χ0v) is 9.70. The van der Waals surface area contributed by atoms with Crippen LogP contribution in [0.4, 0.5) is 13.2 Å². The number of benzene rings is 1. The molecule has 0 aliphatic carbocycles. The van der Waals surface area contributed by atoms with E-state index in [9.17, 15) is 13.2 Å². The van der Waals surface area contributed by atoms with Gasteiger partial charge in [0, 0.05) is 6.20 Å². The number of hydrogen-bond donors (Lipinski definition) is 0. The van der Waals surface area contributed by atoms with E-state index in [1.807, 2.05) is 12.1 Å². The Morgan fingerprint density at radius 3 is 2.18 bits per heavy atom. The van der Waals surface area contributed by atoms with Crippen LogP contribution in [0.1, 0.15) is 5.56 Å². The van der Waals surface area contributed by atoms with E-state index in [0.717, 1.165) is 22.9 Å². The zero-order valence-electron chi connectivity index (χ0n) is 8.70. The van der Waals surface area contributed by atoms with Crippen LogP contribution < -0.4 is 10.7 Å². The molecule has 17 heavy (non-hydrogen) atoms. The van der Waals surface area contributed by atoms with Gasteiger partial charge in [0.15, 0.2) is 0 Å². The van der Waals surface area contributed by atoms with Crippen LogP contribution in [0.15, 0.2) is 48.7 Å². The van der Waals surface area contributed by atoms with Crippen molar-refractivity contribution in [1.29, 1.82) is 0 Å². The summed E-state index contributed by atoms with van der Waals surface area (Å²) in [6.07, 6.45) is -2.60. The van der Waals surface area contributed by atoms with Crippen LogP contribution in [0.2, 0.25) is 0 Å². The monoisotopic (exact) mass is 255 g/mol. The second-order valence-electron chi connectivity index (χ2n) is 3.42. The van der Waals surface area contributed by atoms with Gasteiger partial charge in [-0.1, -0.05) is 18.2 Å². The lowest BCUT2D eigenvalue weighted by Crippen LogP contribution is -2.09. The number of rotatable bonds is 2. The molecule has 0 fully saturated rings. The molecule has 1 atom stereocenters. The first-order chi connectivity index (χ1) is 8.05. The normalized spacial score (nSPS) is 12.2. The number of halogens is 3. The van der Waals surface area contributed by atoms with Crippen LogP contribution in [-0.4, -0.2) is 4.98 Å². The van der Waals surface area contributed by atoms with Crippen molar-refractivity contribution < 1.29 is 13.2 Å². The van der Waals surface area contributed by atoms with Gasteiger partial charge in [-0.15, -0.1) is 0 Å². The van der Waals surface area contributed by atoms with E-state index in [-0.39, 0.29) is 8.58 Å². The minimum absolute atomic E-state index is 0.278. The van der Waals surface area contributed by atoms with Crippen molar-refractivity contribution in [1.82, 2.24) is 4.98 Å². The lowest BCUT2D eigenvalue weighted by Gasteiger charge is -2.07. The summed E-state index contributed by atoms with van der Waals surface area (Å²) in [6, 6.07) is 10.7. The average molecular weight is 255 g/mol. The second kappa shape index (κ2) is 4.84. The summed E-state index contributed by atoms with van der Waals surface area (Å²) in [4.78, 5) is 4.14. The lowest BCUT2D eigenvalue weighted by molar-refractivity contribution is -0.137. The van der Waals surface area contributed by atoms with Crippen molar-refractivity contribution in [2.24, 2.45) is 0 Å². The Balaban J connectivity index is 2.14.